The summed E-state index contributed by atoms with van der Waals surface area (Å²) in [5.41, 5.74) is 4.79. The topological polar surface area (TPSA) is 127 Å². The van der Waals surface area contributed by atoms with E-state index in [0.29, 0.717) is 32.7 Å². The minimum absolute atomic E-state index is 0. The number of benzene rings is 2. The first-order valence-electron chi connectivity index (χ1n) is 19.4. The number of alkyl carbamates (subject to hydrolysis) is 1. The van der Waals surface area contributed by atoms with Crippen LogP contribution in [0.15, 0.2) is 54.7 Å². The van der Waals surface area contributed by atoms with Gasteiger partial charge in [-0.25, -0.2) is 14.8 Å². The Morgan fingerprint density at radius 1 is 0.875 bits per heavy atom. The Balaban J connectivity index is 0.00000841. The number of carbonyl (C=O) groups excluding carboxylic acids is 2. The Hall–Kier alpha value is -3.75. The third-order valence-corrected chi connectivity index (χ3v) is 8.50. The highest BCUT2D eigenvalue weighted by atomic mass is 32.1. The monoisotopic (exact) mass is 794 g/mol. The molecule has 1 amide bonds. The molecule has 2 aromatic carbocycles. The van der Waals surface area contributed by atoms with Gasteiger partial charge in [-0.05, 0) is 117 Å². The largest absolute Gasteiger partial charge is 0.459 e. The van der Waals surface area contributed by atoms with Crippen molar-refractivity contribution in [1.82, 2.24) is 25.5 Å². The highest BCUT2D eigenvalue weighted by Crippen LogP contribution is 2.24. The molecule has 0 radical (unpaired) electrons. The lowest BCUT2D eigenvalue weighted by Crippen LogP contribution is -2.45. The van der Waals surface area contributed by atoms with Crippen LogP contribution in [0, 0.1) is 0 Å². The fourth-order valence-corrected chi connectivity index (χ4v) is 5.96. The fraction of sp³-hybridized carbons (Fsp3) is 0.581. The quantitative estimate of drug-likeness (QED) is 0.120. The summed E-state index contributed by atoms with van der Waals surface area (Å²) in [7, 11) is 2.08. The van der Waals surface area contributed by atoms with E-state index in [-0.39, 0.29) is 32.2 Å². The molecule has 1 aromatic heterocycles. The van der Waals surface area contributed by atoms with Gasteiger partial charge in [0.05, 0.1) is 31.1 Å². The molecule has 310 valence electrons. The van der Waals surface area contributed by atoms with Gasteiger partial charge in [0.1, 0.15) is 23.1 Å². The smallest absolute Gasteiger partial charge is 0.407 e. The summed E-state index contributed by atoms with van der Waals surface area (Å²) in [5.74, 6) is 0.390. The molecular formula is C43H66N6O6S. The third kappa shape index (κ3) is 17.2. The molecule has 13 heteroatoms. The van der Waals surface area contributed by atoms with Crippen molar-refractivity contribution in [3.05, 3.63) is 77.2 Å². The van der Waals surface area contributed by atoms with E-state index in [0.717, 1.165) is 66.5 Å². The van der Waals surface area contributed by atoms with Gasteiger partial charge in [0.2, 0.25) is 0 Å². The molecule has 0 spiro atoms. The zero-order valence-corrected chi connectivity index (χ0v) is 36.3. The summed E-state index contributed by atoms with van der Waals surface area (Å²) in [6.45, 7) is 22.9. The van der Waals surface area contributed by atoms with Crippen molar-refractivity contribution in [2.45, 2.75) is 111 Å². The lowest BCUT2D eigenvalue weighted by atomic mass is 10.0. The highest BCUT2D eigenvalue weighted by molar-refractivity contribution is 7.59. The summed E-state index contributed by atoms with van der Waals surface area (Å²) in [6.07, 6.45) is 2.81. The Morgan fingerprint density at radius 3 is 2.18 bits per heavy atom. The van der Waals surface area contributed by atoms with Gasteiger partial charge in [-0.15, -0.1) is 0 Å². The summed E-state index contributed by atoms with van der Waals surface area (Å²) >= 11 is 0. The van der Waals surface area contributed by atoms with Crippen molar-refractivity contribution in [3.8, 4) is 11.3 Å². The van der Waals surface area contributed by atoms with Gasteiger partial charge in [-0.3, -0.25) is 10.1 Å². The number of morpholine rings is 1. The summed E-state index contributed by atoms with van der Waals surface area (Å²) in [6, 6.07) is 16.3. The summed E-state index contributed by atoms with van der Waals surface area (Å²) in [5, 5.41) is 6.25. The molecule has 1 aliphatic rings. The van der Waals surface area contributed by atoms with Crippen LogP contribution in [-0.2, 0) is 43.3 Å². The molecule has 2 N–H and O–H groups in total. The number of hydrogen-bond donors (Lipinski definition) is 2. The second-order valence-corrected chi connectivity index (χ2v) is 17.2. The zero-order valence-electron chi connectivity index (χ0n) is 35.3. The molecule has 4 rings (SSSR count). The maximum atomic E-state index is 13.2. The van der Waals surface area contributed by atoms with E-state index >= 15 is 0 Å². The number of hydrogen-bond acceptors (Lipinski definition) is 11. The van der Waals surface area contributed by atoms with E-state index in [4.69, 9.17) is 23.9 Å². The van der Waals surface area contributed by atoms with Crippen LogP contribution in [0.1, 0.15) is 91.2 Å². The van der Waals surface area contributed by atoms with E-state index in [1.807, 2.05) is 74.6 Å². The molecule has 1 saturated heterocycles. The summed E-state index contributed by atoms with van der Waals surface area (Å²) < 4.78 is 22.7. The van der Waals surface area contributed by atoms with Crippen LogP contribution in [-0.4, -0.2) is 103 Å². The first kappa shape index (κ1) is 46.6. The molecule has 1 unspecified atom stereocenters. The number of esters is 1. The average molecular weight is 795 g/mol. The maximum absolute atomic E-state index is 13.2. The van der Waals surface area contributed by atoms with Crippen molar-refractivity contribution in [2.24, 2.45) is 0 Å². The normalized spacial score (nSPS) is 14.2. The number of aromatic nitrogens is 2. The molecule has 12 nitrogen and oxygen atoms in total. The maximum Gasteiger partial charge on any atom is 0.407 e. The van der Waals surface area contributed by atoms with Crippen molar-refractivity contribution in [3.63, 3.8) is 0 Å². The molecule has 1 fully saturated rings. The number of rotatable bonds is 16. The molecule has 1 aliphatic heterocycles. The number of anilines is 1. The highest BCUT2D eigenvalue weighted by Gasteiger charge is 2.27. The predicted molar refractivity (Wildman–Crippen MR) is 227 cm³/mol. The van der Waals surface area contributed by atoms with Crippen molar-refractivity contribution < 1.29 is 28.5 Å². The third-order valence-electron chi connectivity index (χ3n) is 8.50. The van der Waals surface area contributed by atoms with Crippen LogP contribution in [0.25, 0.3) is 11.3 Å². The van der Waals surface area contributed by atoms with Crippen LogP contribution < -0.4 is 15.5 Å². The Kier molecular flexibility index (Phi) is 17.6. The van der Waals surface area contributed by atoms with Crippen molar-refractivity contribution in [1.29, 1.82) is 0 Å². The van der Waals surface area contributed by atoms with Crippen LogP contribution >= 0.6 is 13.5 Å². The van der Waals surface area contributed by atoms with Crippen LogP contribution in [0.3, 0.4) is 0 Å². The molecule has 56 heavy (non-hydrogen) atoms. The van der Waals surface area contributed by atoms with Gasteiger partial charge < -0.3 is 34.1 Å². The lowest BCUT2D eigenvalue weighted by Gasteiger charge is -2.30. The number of amides is 1. The second-order valence-electron chi connectivity index (χ2n) is 17.2. The minimum Gasteiger partial charge on any atom is -0.459 e. The van der Waals surface area contributed by atoms with Crippen molar-refractivity contribution in [2.75, 3.05) is 57.9 Å². The zero-order chi connectivity index (χ0) is 40.2. The average Bonchev–Trinajstić information content (AvgIpc) is 3.09. The van der Waals surface area contributed by atoms with E-state index < -0.39 is 22.8 Å². The van der Waals surface area contributed by atoms with Crippen molar-refractivity contribution >= 4 is 31.2 Å². The first-order chi connectivity index (χ1) is 25.8. The van der Waals surface area contributed by atoms with Gasteiger partial charge >= 0.3 is 12.1 Å². The lowest BCUT2D eigenvalue weighted by molar-refractivity contribution is -0.160. The Bertz CT molecular complexity index is 1680. The molecule has 0 bridgehead atoms. The summed E-state index contributed by atoms with van der Waals surface area (Å²) in [4.78, 5) is 39.3. The standard InChI is InChI=1S/C43H64N6O6.H2S/c1-41(2,3)53-30-37(39(50)54-42(4,5)6)46-28-33-24-32(25-35(26-33)49-20-22-52-23-21-49)27-38-44-18-16-36(47-38)34-14-12-31(13-15-34)29-48(10)19-11-17-45-40(51)55-43(7,8)9;/h12-16,18,24-26,37,46H,11,17,19-23,27-30H2,1-10H3,(H,45,51);1H2. The predicted octanol–water partition coefficient (Wildman–Crippen LogP) is 6.65. The molecule has 0 aliphatic carbocycles. The van der Waals surface area contributed by atoms with E-state index in [2.05, 4.69) is 74.9 Å². The van der Waals surface area contributed by atoms with Gasteiger partial charge in [-0.2, -0.15) is 13.5 Å². The number of nitrogens with one attached hydrogen (secondary N) is 2. The number of ether oxygens (including phenoxy) is 4. The van der Waals surface area contributed by atoms with E-state index in [1.165, 1.54) is 5.56 Å². The van der Waals surface area contributed by atoms with Crippen LogP contribution in [0.2, 0.25) is 0 Å². The second kappa shape index (κ2) is 21.1. The van der Waals surface area contributed by atoms with Gasteiger partial charge in [0.25, 0.3) is 0 Å². The van der Waals surface area contributed by atoms with Gasteiger partial charge in [0.15, 0.2) is 0 Å². The molecule has 0 saturated carbocycles. The first-order valence-corrected chi connectivity index (χ1v) is 19.4. The molecule has 2 heterocycles. The van der Waals surface area contributed by atoms with E-state index in [1.54, 1.807) is 0 Å². The Morgan fingerprint density at radius 2 is 1.54 bits per heavy atom. The van der Waals surface area contributed by atoms with Gasteiger partial charge in [-0.1, -0.05) is 30.3 Å². The number of carbonyl (C=O) groups is 2. The number of nitrogens with zero attached hydrogens (tertiary/aromatic N) is 4. The van der Waals surface area contributed by atoms with E-state index in [9.17, 15) is 9.59 Å². The SMILES string of the molecule is CN(CCCNC(=O)OC(C)(C)C)Cc1ccc(-c2ccnc(Cc3cc(CNC(COC(C)(C)C)C(=O)OC(C)(C)C)cc(N4CCOCC4)c3)n2)cc1.S. The minimum atomic E-state index is -0.631. The Labute approximate surface area is 341 Å². The fourth-order valence-electron chi connectivity index (χ4n) is 5.96. The van der Waals surface area contributed by atoms with Crippen LogP contribution in [0.5, 0.6) is 0 Å². The molecular weight excluding hydrogens is 729 g/mol. The molecule has 1 atom stereocenters. The van der Waals surface area contributed by atoms with Gasteiger partial charge in [0, 0.05) is 56.6 Å². The molecule has 3 aromatic rings. The van der Waals surface area contributed by atoms with Crippen LogP contribution in [0.4, 0.5) is 10.5 Å².